The Labute approximate surface area is 137 Å². The van der Waals surface area contributed by atoms with Crippen LogP contribution in [0.1, 0.15) is 50.5 Å². The molecule has 0 spiro atoms. The number of nitrogens with one attached hydrogen (secondary N) is 1. The van der Waals surface area contributed by atoms with E-state index in [2.05, 4.69) is 37.3 Å². The predicted molar refractivity (Wildman–Crippen MR) is 91.1 cm³/mol. The molecular weight excluding hydrogens is 298 g/mol. The van der Waals surface area contributed by atoms with E-state index < -0.39 is 6.23 Å². The highest BCUT2D eigenvalue weighted by atomic mass is 35.5. The van der Waals surface area contributed by atoms with Crippen LogP contribution < -0.4 is 5.32 Å². The zero-order valence-electron chi connectivity index (χ0n) is 13.5. The standard InChI is InChI=1S/C17H24ClN3O/c1-11(2)9-12(3)13-7-5-6-8-15(13)19-17(22)14-10-21(4)20-16(14)18/h5-8,10-12,17,19,22H,9H2,1-4H3. The minimum absolute atomic E-state index is 0.315. The molecule has 0 fully saturated rings. The second-order valence-corrected chi connectivity index (χ2v) is 6.57. The molecule has 2 unspecified atom stereocenters. The second-order valence-electron chi connectivity index (χ2n) is 6.21. The van der Waals surface area contributed by atoms with E-state index in [1.807, 2.05) is 18.2 Å². The lowest BCUT2D eigenvalue weighted by Crippen LogP contribution is -2.12. The summed E-state index contributed by atoms with van der Waals surface area (Å²) in [5, 5.41) is 17.9. The van der Waals surface area contributed by atoms with Gasteiger partial charge >= 0.3 is 0 Å². The monoisotopic (exact) mass is 321 g/mol. The summed E-state index contributed by atoms with van der Waals surface area (Å²) < 4.78 is 1.59. The van der Waals surface area contributed by atoms with Crippen molar-refractivity contribution in [2.45, 2.75) is 39.3 Å². The fourth-order valence-electron chi connectivity index (χ4n) is 2.78. The summed E-state index contributed by atoms with van der Waals surface area (Å²) in [4.78, 5) is 0. The molecule has 0 saturated heterocycles. The Morgan fingerprint density at radius 2 is 1.91 bits per heavy atom. The minimum Gasteiger partial charge on any atom is -0.369 e. The molecule has 0 saturated carbocycles. The number of rotatable bonds is 6. The van der Waals surface area contributed by atoms with Crippen LogP contribution in [0.15, 0.2) is 30.5 Å². The topological polar surface area (TPSA) is 50.1 Å². The molecule has 0 aliphatic heterocycles. The maximum Gasteiger partial charge on any atom is 0.158 e. The van der Waals surface area contributed by atoms with Crippen LogP contribution in [0.4, 0.5) is 5.69 Å². The van der Waals surface area contributed by atoms with Gasteiger partial charge in [0.25, 0.3) is 0 Å². The van der Waals surface area contributed by atoms with Crippen molar-refractivity contribution in [1.82, 2.24) is 9.78 Å². The maximum atomic E-state index is 10.4. The van der Waals surface area contributed by atoms with Crippen LogP contribution in [0.5, 0.6) is 0 Å². The van der Waals surface area contributed by atoms with Gasteiger partial charge in [-0.3, -0.25) is 4.68 Å². The number of aliphatic hydroxyl groups excluding tert-OH is 1. The van der Waals surface area contributed by atoms with Gasteiger partial charge in [-0.1, -0.05) is 50.6 Å². The van der Waals surface area contributed by atoms with Gasteiger partial charge < -0.3 is 10.4 Å². The van der Waals surface area contributed by atoms with Crippen molar-refractivity contribution in [1.29, 1.82) is 0 Å². The number of aromatic nitrogens is 2. The molecule has 0 amide bonds. The number of nitrogens with zero attached hydrogens (tertiary/aromatic N) is 2. The molecule has 0 aliphatic carbocycles. The van der Waals surface area contributed by atoms with Gasteiger partial charge in [0.1, 0.15) is 0 Å². The molecule has 120 valence electrons. The van der Waals surface area contributed by atoms with E-state index >= 15 is 0 Å². The molecule has 0 aliphatic rings. The average molecular weight is 322 g/mol. The van der Waals surface area contributed by atoms with Gasteiger partial charge in [-0.25, -0.2) is 0 Å². The normalized spacial score (nSPS) is 14.1. The van der Waals surface area contributed by atoms with Crippen LogP contribution in [0.3, 0.4) is 0 Å². The molecule has 2 atom stereocenters. The van der Waals surface area contributed by atoms with Gasteiger partial charge in [0, 0.05) is 18.9 Å². The zero-order valence-corrected chi connectivity index (χ0v) is 14.3. The van der Waals surface area contributed by atoms with Crippen LogP contribution in [-0.4, -0.2) is 14.9 Å². The SMILES string of the molecule is CC(C)CC(C)c1ccccc1NC(O)c1cn(C)nc1Cl. The summed E-state index contributed by atoms with van der Waals surface area (Å²) in [5.41, 5.74) is 2.72. The summed E-state index contributed by atoms with van der Waals surface area (Å²) in [6.45, 7) is 6.65. The summed E-state index contributed by atoms with van der Waals surface area (Å²) in [6.07, 6.45) is 1.94. The van der Waals surface area contributed by atoms with Crippen LogP contribution >= 0.6 is 11.6 Å². The largest absolute Gasteiger partial charge is 0.369 e. The van der Waals surface area contributed by atoms with Gasteiger partial charge in [0.05, 0.1) is 5.56 Å². The Hall–Kier alpha value is -1.52. The van der Waals surface area contributed by atoms with Crippen LogP contribution in [0.2, 0.25) is 5.15 Å². The maximum absolute atomic E-state index is 10.4. The fraction of sp³-hybridized carbons (Fsp3) is 0.471. The quantitative estimate of drug-likeness (QED) is 0.779. The number of hydrogen-bond donors (Lipinski definition) is 2. The third-order valence-electron chi connectivity index (χ3n) is 3.71. The van der Waals surface area contributed by atoms with Gasteiger partial charge in [-0.05, 0) is 29.9 Å². The van der Waals surface area contributed by atoms with Crippen LogP contribution in [-0.2, 0) is 7.05 Å². The number of hydrogen-bond acceptors (Lipinski definition) is 3. The van der Waals surface area contributed by atoms with Gasteiger partial charge in [0.2, 0.25) is 0 Å². The van der Waals surface area contributed by atoms with Crippen molar-refractivity contribution in [2.24, 2.45) is 13.0 Å². The van der Waals surface area contributed by atoms with E-state index in [9.17, 15) is 5.11 Å². The van der Waals surface area contributed by atoms with Gasteiger partial charge in [-0.15, -0.1) is 0 Å². The highest BCUT2D eigenvalue weighted by Gasteiger charge is 2.18. The lowest BCUT2D eigenvalue weighted by atomic mass is 9.91. The molecule has 1 aromatic carbocycles. The number of anilines is 1. The van der Waals surface area contributed by atoms with Crippen molar-refractivity contribution >= 4 is 17.3 Å². The van der Waals surface area contributed by atoms with Crippen molar-refractivity contribution in [3.63, 3.8) is 0 Å². The highest BCUT2D eigenvalue weighted by Crippen LogP contribution is 2.31. The third kappa shape index (κ3) is 4.02. The number of benzene rings is 1. The first kappa shape index (κ1) is 16.8. The van der Waals surface area contributed by atoms with Gasteiger partial charge in [0.15, 0.2) is 11.4 Å². The molecule has 5 heteroatoms. The minimum atomic E-state index is -0.881. The Kier molecular flexibility index (Phi) is 5.48. The van der Waals surface area contributed by atoms with Crippen molar-refractivity contribution in [2.75, 3.05) is 5.32 Å². The van der Waals surface area contributed by atoms with E-state index in [4.69, 9.17) is 11.6 Å². The van der Waals surface area contributed by atoms with E-state index in [1.165, 1.54) is 5.56 Å². The Bertz CT molecular complexity index is 624. The summed E-state index contributed by atoms with van der Waals surface area (Å²) in [5.74, 6) is 1.04. The number of aryl methyl sites for hydroxylation is 1. The van der Waals surface area contributed by atoms with Gasteiger partial charge in [-0.2, -0.15) is 5.10 Å². The first-order valence-corrected chi connectivity index (χ1v) is 7.98. The Balaban J connectivity index is 2.20. The molecule has 2 N–H and O–H groups in total. The molecule has 0 radical (unpaired) electrons. The Morgan fingerprint density at radius 3 is 2.50 bits per heavy atom. The lowest BCUT2D eigenvalue weighted by molar-refractivity contribution is 0.208. The fourth-order valence-corrected chi connectivity index (χ4v) is 3.05. The number of aliphatic hydroxyl groups is 1. The molecule has 2 aromatic rings. The van der Waals surface area contributed by atoms with Crippen LogP contribution in [0.25, 0.3) is 0 Å². The molecule has 1 aromatic heterocycles. The molecule has 1 heterocycles. The average Bonchev–Trinajstić information content (AvgIpc) is 2.77. The van der Waals surface area contributed by atoms with E-state index in [0.717, 1.165) is 12.1 Å². The number of halogens is 1. The summed E-state index contributed by atoms with van der Waals surface area (Å²) in [7, 11) is 1.78. The van der Waals surface area contributed by atoms with Crippen molar-refractivity contribution < 1.29 is 5.11 Å². The first-order chi connectivity index (χ1) is 10.4. The lowest BCUT2D eigenvalue weighted by Gasteiger charge is -2.21. The van der Waals surface area contributed by atoms with E-state index in [1.54, 1.807) is 17.9 Å². The molecule has 4 nitrogen and oxygen atoms in total. The third-order valence-corrected chi connectivity index (χ3v) is 4.01. The van der Waals surface area contributed by atoms with Crippen molar-refractivity contribution in [3.8, 4) is 0 Å². The predicted octanol–water partition coefficient (Wildman–Crippen LogP) is 4.33. The first-order valence-electron chi connectivity index (χ1n) is 7.61. The molecule has 2 rings (SSSR count). The summed E-state index contributed by atoms with van der Waals surface area (Å²) in [6, 6.07) is 8.08. The van der Waals surface area contributed by atoms with Crippen LogP contribution in [0, 0.1) is 5.92 Å². The zero-order chi connectivity index (χ0) is 16.3. The Morgan fingerprint density at radius 1 is 1.23 bits per heavy atom. The van der Waals surface area contributed by atoms with E-state index in [-0.39, 0.29) is 0 Å². The van der Waals surface area contributed by atoms with E-state index in [0.29, 0.717) is 22.6 Å². The smallest absolute Gasteiger partial charge is 0.158 e. The highest BCUT2D eigenvalue weighted by molar-refractivity contribution is 6.30. The number of para-hydroxylation sites is 1. The molecule has 0 bridgehead atoms. The molecule has 22 heavy (non-hydrogen) atoms. The molecular formula is C17H24ClN3O. The van der Waals surface area contributed by atoms with Crippen molar-refractivity contribution in [3.05, 3.63) is 46.7 Å². The second kappa shape index (κ2) is 7.16. The summed E-state index contributed by atoms with van der Waals surface area (Å²) >= 11 is 6.05.